The van der Waals surface area contributed by atoms with E-state index in [4.69, 9.17) is 11.6 Å². The number of anilines is 1. The lowest BCUT2D eigenvalue weighted by molar-refractivity contribution is 0.353. The molecule has 0 radical (unpaired) electrons. The van der Waals surface area contributed by atoms with E-state index in [1.54, 1.807) is 11.1 Å². The topological polar surface area (TPSA) is 12.0 Å². The van der Waals surface area contributed by atoms with Gasteiger partial charge in [0, 0.05) is 16.1 Å². The lowest BCUT2D eigenvalue weighted by atomic mass is 9.67. The van der Waals surface area contributed by atoms with Crippen molar-refractivity contribution in [2.24, 2.45) is 0 Å². The zero-order chi connectivity index (χ0) is 17.6. The number of halogens is 1. The normalized spacial score (nSPS) is 24.6. The minimum atomic E-state index is 0.235. The summed E-state index contributed by atoms with van der Waals surface area (Å²) in [4.78, 5) is 0. The van der Waals surface area contributed by atoms with Crippen LogP contribution in [0.2, 0.25) is 5.02 Å². The number of hydrogen-bond acceptors (Lipinski definition) is 1. The molecule has 1 saturated carbocycles. The Labute approximate surface area is 162 Å². The van der Waals surface area contributed by atoms with Crippen LogP contribution in [0.1, 0.15) is 94.6 Å². The number of benzene rings is 1. The highest BCUT2D eigenvalue weighted by Crippen LogP contribution is 2.53. The molecule has 5 rings (SSSR count). The average Bonchev–Trinajstić information content (AvgIpc) is 2.70. The van der Waals surface area contributed by atoms with E-state index < -0.39 is 0 Å². The molecule has 0 unspecified atom stereocenters. The van der Waals surface area contributed by atoms with Crippen LogP contribution in [0.25, 0.3) is 11.1 Å². The van der Waals surface area contributed by atoms with Gasteiger partial charge in [0.05, 0.1) is 11.2 Å². The predicted octanol–water partition coefficient (Wildman–Crippen LogP) is 7.75. The Kier molecular flexibility index (Phi) is 4.39. The van der Waals surface area contributed by atoms with E-state index in [0.29, 0.717) is 0 Å². The zero-order valence-corrected chi connectivity index (χ0v) is 16.6. The summed E-state index contributed by atoms with van der Waals surface area (Å²) < 4.78 is 0. The summed E-state index contributed by atoms with van der Waals surface area (Å²) in [7, 11) is 0. The van der Waals surface area contributed by atoms with Gasteiger partial charge in [-0.05, 0) is 93.1 Å². The van der Waals surface area contributed by atoms with Gasteiger partial charge in [-0.15, -0.1) is 0 Å². The van der Waals surface area contributed by atoms with Crippen molar-refractivity contribution in [2.45, 2.75) is 89.0 Å². The number of allylic oxidation sites excluding steroid dienone is 3. The summed E-state index contributed by atoms with van der Waals surface area (Å²) in [5.41, 5.74) is 9.37. The van der Waals surface area contributed by atoms with E-state index in [0.717, 1.165) is 5.02 Å². The van der Waals surface area contributed by atoms with Crippen LogP contribution in [0.15, 0.2) is 23.8 Å². The molecule has 1 aromatic rings. The molecule has 1 aliphatic heterocycles. The second-order valence-corrected chi connectivity index (χ2v) is 9.22. The largest absolute Gasteiger partial charge is 0.375 e. The summed E-state index contributed by atoms with van der Waals surface area (Å²) >= 11 is 6.63. The Morgan fingerprint density at radius 2 is 1.58 bits per heavy atom. The number of rotatable bonds is 1. The standard InChI is InChI=1S/C24H30ClN/c25-18-15-20(17-9-3-1-4-10-17)23-21(16-18)19-11-5-6-12-22(19)24(26-23)13-7-2-8-14-24/h9,15-16,26H,1-8,10-14H2. The molecular formula is C24H30ClN. The minimum absolute atomic E-state index is 0.235. The van der Waals surface area contributed by atoms with Crippen molar-refractivity contribution in [3.63, 3.8) is 0 Å². The quantitative estimate of drug-likeness (QED) is 0.534. The minimum Gasteiger partial charge on any atom is -0.375 e. The first-order valence-corrected chi connectivity index (χ1v) is 11.2. The monoisotopic (exact) mass is 367 g/mol. The van der Waals surface area contributed by atoms with E-state index in [1.807, 2.05) is 0 Å². The van der Waals surface area contributed by atoms with Gasteiger partial charge < -0.3 is 5.32 Å². The second-order valence-electron chi connectivity index (χ2n) is 8.78. The first-order valence-electron chi connectivity index (χ1n) is 10.8. The Balaban J connectivity index is 1.70. The molecule has 1 nitrogen and oxygen atoms in total. The maximum atomic E-state index is 6.63. The molecule has 0 aromatic heterocycles. The van der Waals surface area contributed by atoms with Crippen molar-refractivity contribution in [2.75, 3.05) is 5.32 Å². The summed E-state index contributed by atoms with van der Waals surface area (Å²) in [5, 5.41) is 5.05. The molecule has 0 atom stereocenters. The summed E-state index contributed by atoms with van der Waals surface area (Å²) in [6.07, 6.45) is 19.5. The van der Waals surface area contributed by atoms with Gasteiger partial charge in [0.1, 0.15) is 0 Å². The van der Waals surface area contributed by atoms with Gasteiger partial charge in [0.2, 0.25) is 0 Å². The highest BCUT2D eigenvalue weighted by Gasteiger charge is 2.42. The van der Waals surface area contributed by atoms with Crippen molar-refractivity contribution in [1.82, 2.24) is 0 Å². The molecule has 1 aromatic carbocycles. The van der Waals surface area contributed by atoms with Crippen molar-refractivity contribution >= 4 is 28.4 Å². The molecule has 26 heavy (non-hydrogen) atoms. The Morgan fingerprint density at radius 1 is 0.808 bits per heavy atom. The molecule has 1 heterocycles. The molecule has 1 spiro atoms. The smallest absolute Gasteiger partial charge is 0.0591 e. The van der Waals surface area contributed by atoms with Gasteiger partial charge >= 0.3 is 0 Å². The molecule has 0 bridgehead atoms. The number of hydrogen-bond donors (Lipinski definition) is 1. The highest BCUT2D eigenvalue weighted by atomic mass is 35.5. The molecule has 0 amide bonds. The van der Waals surface area contributed by atoms with Crippen LogP contribution in [0.5, 0.6) is 0 Å². The maximum absolute atomic E-state index is 6.63. The van der Waals surface area contributed by atoms with E-state index in [1.165, 1.54) is 106 Å². The van der Waals surface area contributed by atoms with Crippen LogP contribution >= 0.6 is 11.6 Å². The third-order valence-electron chi connectivity index (χ3n) is 7.18. The van der Waals surface area contributed by atoms with Crippen LogP contribution in [-0.4, -0.2) is 5.54 Å². The van der Waals surface area contributed by atoms with Crippen LogP contribution in [0, 0.1) is 0 Å². The molecule has 138 valence electrons. The van der Waals surface area contributed by atoms with E-state index in [-0.39, 0.29) is 5.54 Å². The fourth-order valence-electron chi connectivity index (χ4n) is 5.94. The van der Waals surface area contributed by atoms with Crippen molar-refractivity contribution in [3.05, 3.63) is 39.9 Å². The van der Waals surface area contributed by atoms with Crippen LogP contribution in [-0.2, 0) is 0 Å². The van der Waals surface area contributed by atoms with Gasteiger partial charge in [-0.3, -0.25) is 0 Å². The average molecular weight is 368 g/mol. The van der Waals surface area contributed by atoms with Crippen LogP contribution < -0.4 is 5.32 Å². The summed E-state index contributed by atoms with van der Waals surface area (Å²) in [5.74, 6) is 0. The van der Waals surface area contributed by atoms with Gasteiger partial charge in [0.15, 0.2) is 0 Å². The third kappa shape index (κ3) is 2.74. The van der Waals surface area contributed by atoms with Crippen molar-refractivity contribution in [3.8, 4) is 0 Å². The molecule has 2 heteroatoms. The highest BCUT2D eigenvalue weighted by molar-refractivity contribution is 6.31. The summed E-state index contributed by atoms with van der Waals surface area (Å²) in [6.45, 7) is 0. The van der Waals surface area contributed by atoms with Gasteiger partial charge in [-0.1, -0.05) is 36.9 Å². The van der Waals surface area contributed by atoms with Gasteiger partial charge in [-0.25, -0.2) is 0 Å². The van der Waals surface area contributed by atoms with E-state index in [9.17, 15) is 0 Å². The van der Waals surface area contributed by atoms with Crippen LogP contribution in [0.3, 0.4) is 0 Å². The van der Waals surface area contributed by atoms with Gasteiger partial charge in [0.25, 0.3) is 0 Å². The lowest BCUT2D eigenvalue weighted by Gasteiger charge is -2.48. The maximum Gasteiger partial charge on any atom is 0.0591 e. The Hall–Kier alpha value is -1.21. The first-order chi connectivity index (χ1) is 12.8. The third-order valence-corrected chi connectivity index (χ3v) is 7.40. The Bertz CT molecular complexity index is 780. The fourth-order valence-corrected chi connectivity index (χ4v) is 6.16. The molecule has 0 saturated heterocycles. The van der Waals surface area contributed by atoms with Crippen molar-refractivity contribution in [1.29, 1.82) is 0 Å². The second kappa shape index (κ2) is 6.75. The summed E-state index contributed by atoms with van der Waals surface area (Å²) in [6, 6.07) is 4.47. The van der Waals surface area contributed by atoms with Gasteiger partial charge in [-0.2, -0.15) is 0 Å². The van der Waals surface area contributed by atoms with E-state index >= 15 is 0 Å². The van der Waals surface area contributed by atoms with Crippen LogP contribution in [0.4, 0.5) is 5.69 Å². The Morgan fingerprint density at radius 3 is 2.38 bits per heavy atom. The molecule has 1 N–H and O–H groups in total. The predicted molar refractivity (Wildman–Crippen MR) is 113 cm³/mol. The molecule has 1 fully saturated rings. The number of nitrogens with one attached hydrogen (secondary N) is 1. The number of fused-ring (bicyclic) bond motifs is 3. The van der Waals surface area contributed by atoms with Crippen molar-refractivity contribution < 1.29 is 0 Å². The lowest BCUT2D eigenvalue weighted by Crippen LogP contribution is -2.45. The zero-order valence-electron chi connectivity index (χ0n) is 15.8. The molecule has 4 aliphatic rings. The molecule has 3 aliphatic carbocycles. The fraction of sp³-hybridized carbons (Fsp3) is 0.583. The SMILES string of the molecule is Clc1cc(C2=CCCCC2)c2c(c1)C1=C(CCCC1)C1(CCCCC1)N2. The molecular weight excluding hydrogens is 338 g/mol. The first kappa shape index (κ1) is 16.9. The van der Waals surface area contributed by atoms with E-state index in [2.05, 4.69) is 23.5 Å².